The zero-order valence-electron chi connectivity index (χ0n) is 10.5. The van der Waals surface area contributed by atoms with E-state index in [0.717, 1.165) is 35.2 Å². The summed E-state index contributed by atoms with van der Waals surface area (Å²) in [6.45, 7) is 5.31. The van der Waals surface area contributed by atoms with Gasteiger partial charge >= 0.3 is 0 Å². The zero-order chi connectivity index (χ0) is 12.3. The number of rotatable bonds is 6. The third-order valence-corrected chi connectivity index (χ3v) is 3.91. The molecule has 1 aromatic rings. The van der Waals surface area contributed by atoms with E-state index in [9.17, 15) is 0 Å². The Kier molecular flexibility index (Phi) is 4.46. The van der Waals surface area contributed by atoms with Crippen LogP contribution in [0.2, 0.25) is 0 Å². The molecule has 1 aliphatic carbocycles. The van der Waals surface area contributed by atoms with Crippen molar-refractivity contribution in [2.75, 3.05) is 26.7 Å². The predicted molar refractivity (Wildman–Crippen MR) is 74.4 cm³/mol. The molecular weight excluding hydrogens is 278 g/mol. The van der Waals surface area contributed by atoms with Crippen molar-refractivity contribution in [1.82, 2.24) is 4.90 Å². The SMILES string of the molecule is CC1CC1CN(C)CCOc1ccc(Br)cc1. The lowest BCUT2D eigenvalue weighted by Crippen LogP contribution is -2.26. The first-order valence-corrected chi connectivity index (χ1v) is 7.01. The minimum Gasteiger partial charge on any atom is -0.492 e. The number of hydrogen-bond acceptors (Lipinski definition) is 2. The van der Waals surface area contributed by atoms with Crippen molar-refractivity contribution in [3.63, 3.8) is 0 Å². The molecule has 2 nitrogen and oxygen atoms in total. The van der Waals surface area contributed by atoms with Gasteiger partial charge in [-0.25, -0.2) is 0 Å². The van der Waals surface area contributed by atoms with Crippen molar-refractivity contribution in [3.8, 4) is 5.75 Å². The third kappa shape index (κ3) is 4.32. The Bertz CT molecular complexity index is 352. The van der Waals surface area contributed by atoms with Gasteiger partial charge in [0.1, 0.15) is 12.4 Å². The standard InChI is InChI=1S/C14H20BrNO/c1-11-9-12(11)10-16(2)7-8-17-14-5-3-13(15)4-6-14/h3-6,11-12H,7-10H2,1-2H3. The van der Waals surface area contributed by atoms with Crippen LogP contribution < -0.4 is 4.74 Å². The molecule has 3 heteroatoms. The Balaban J connectivity index is 1.63. The molecule has 2 rings (SSSR count). The molecule has 0 bridgehead atoms. The van der Waals surface area contributed by atoms with Crippen molar-refractivity contribution in [2.24, 2.45) is 11.8 Å². The number of nitrogens with zero attached hydrogens (tertiary/aromatic N) is 1. The second-order valence-corrected chi connectivity index (χ2v) is 5.95. The van der Waals surface area contributed by atoms with Gasteiger partial charge in [-0.2, -0.15) is 0 Å². The number of ether oxygens (including phenoxy) is 1. The summed E-state index contributed by atoms with van der Waals surface area (Å²) in [7, 11) is 2.18. The van der Waals surface area contributed by atoms with E-state index in [4.69, 9.17) is 4.74 Å². The van der Waals surface area contributed by atoms with Gasteiger partial charge in [-0.3, -0.25) is 0 Å². The summed E-state index contributed by atoms with van der Waals surface area (Å²) in [5.74, 6) is 2.80. The molecule has 0 aromatic heterocycles. The Hall–Kier alpha value is -0.540. The van der Waals surface area contributed by atoms with Crippen LogP contribution in [-0.2, 0) is 0 Å². The fourth-order valence-electron chi connectivity index (χ4n) is 2.00. The van der Waals surface area contributed by atoms with Gasteiger partial charge in [-0.15, -0.1) is 0 Å². The van der Waals surface area contributed by atoms with E-state index >= 15 is 0 Å². The predicted octanol–water partition coefficient (Wildman–Crippen LogP) is 3.42. The molecule has 2 unspecified atom stereocenters. The normalized spacial score (nSPS) is 22.8. The van der Waals surface area contributed by atoms with E-state index in [-0.39, 0.29) is 0 Å². The Morgan fingerprint density at radius 2 is 2.00 bits per heavy atom. The average molecular weight is 298 g/mol. The van der Waals surface area contributed by atoms with E-state index in [1.165, 1.54) is 13.0 Å². The molecule has 2 atom stereocenters. The highest BCUT2D eigenvalue weighted by atomic mass is 79.9. The maximum absolute atomic E-state index is 5.70. The Morgan fingerprint density at radius 3 is 2.59 bits per heavy atom. The van der Waals surface area contributed by atoms with E-state index in [1.54, 1.807) is 0 Å². The average Bonchev–Trinajstić information content (AvgIpc) is 2.97. The highest BCUT2D eigenvalue weighted by Crippen LogP contribution is 2.37. The molecule has 0 aliphatic heterocycles. The van der Waals surface area contributed by atoms with Gasteiger partial charge in [0.15, 0.2) is 0 Å². The van der Waals surface area contributed by atoms with Crippen LogP contribution in [0.4, 0.5) is 0 Å². The van der Waals surface area contributed by atoms with Crippen LogP contribution >= 0.6 is 15.9 Å². The molecule has 17 heavy (non-hydrogen) atoms. The first-order chi connectivity index (χ1) is 8.15. The van der Waals surface area contributed by atoms with Gasteiger partial charge in [0.2, 0.25) is 0 Å². The zero-order valence-corrected chi connectivity index (χ0v) is 12.1. The molecule has 0 heterocycles. The Labute approximate surface area is 112 Å². The second kappa shape index (κ2) is 5.87. The van der Waals surface area contributed by atoms with Gasteiger partial charge < -0.3 is 9.64 Å². The minimum atomic E-state index is 0.763. The molecule has 0 saturated heterocycles. The van der Waals surface area contributed by atoms with Gasteiger partial charge in [0, 0.05) is 17.6 Å². The summed E-state index contributed by atoms with van der Waals surface area (Å²) >= 11 is 3.41. The lowest BCUT2D eigenvalue weighted by Gasteiger charge is -2.16. The van der Waals surface area contributed by atoms with Gasteiger partial charge in [-0.05, 0) is 49.6 Å². The lowest BCUT2D eigenvalue weighted by atomic mass is 10.3. The molecular formula is C14H20BrNO. The molecule has 0 amide bonds. The summed E-state index contributed by atoms with van der Waals surface area (Å²) in [4.78, 5) is 2.37. The molecule has 1 aliphatic rings. The van der Waals surface area contributed by atoms with Crippen LogP contribution in [0.25, 0.3) is 0 Å². The molecule has 0 spiro atoms. The quantitative estimate of drug-likeness (QED) is 0.798. The van der Waals surface area contributed by atoms with Crippen LogP contribution in [0.5, 0.6) is 5.75 Å². The Morgan fingerprint density at radius 1 is 1.35 bits per heavy atom. The van der Waals surface area contributed by atoms with Gasteiger partial charge in [0.05, 0.1) is 0 Å². The topological polar surface area (TPSA) is 12.5 Å². The number of hydrogen-bond donors (Lipinski definition) is 0. The maximum atomic E-state index is 5.70. The van der Waals surface area contributed by atoms with Crippen molar-refractivity contribution in [1.29, 1.82) is 0 Å². The first kappa shape index (κ1) is 12.9. The number of benzene rings is 1. The van der Waals surface area contributed by atoms with Crippen LogP contribution in [0.1, 0.15) is 13.3 Å². The van der Waals surface area contributed by atoms with Crippen molar-refractivity contribution in [3.05, 3.63) is 28.7 Å². The van der Waals surface area contributed by atoms with Gasteiger partial charge in [-0.1, -0.05) is 22.9 Å². The van der Waals surface area contributed by atoms with Crippen molar-refractivity contribution < 1.29 is 4.74 Å². The van der Waals surface area contributed by atoms with E-state index in [1.807, 2.05) is 24.3 Å². The fraction of sp³-hybridized carbons (Fsp3) is 0.571. The van der Waals surface area contributed by atoms with E-state index < -0.39 is 0 Å². The molecule has 1 saturated carbocycles. The summed E-state index contributed by atoms with van der Waals surface area (Å²) in [5, 5.41) is 0. The number of likely N-dealkylation sites (N-methyl/N-ethyl adjacent to an activating group) is 1. The van der Waals surface area contributed by atoms with Crippen molar-refractivity contribution >= 4 is 15.9 Å². The van der Waals surface area contributed by atoms with Crippen LogP contribution in [-0.4, -0.2) is 31.6 Å². The fourth-order valence-corrected chi connectivity index (χ4v) is 2.26. The highest BCUT2D eigenvalue weighted by molar-refractivity contribution is 9.10. The summed E-state index contributed by atoms with van der Waals surface area (Å²) in [6.07, 6.45) is 1.40. The first-order valence-electron chi connectivity index (χ1n) is 6.22. The second-order valence-electron chi connectivity index (χ2n) is 5.04. The van der Waals surface area contributed by atoms with Crippen LogP contribution in [0.15, 0.2) is 28.7 Å². The number of halogens is 1. The van der Waals surface area contributed by atoms with Crippen molar-refractivity contribution in [2.45, 2.75) is 13.3 Å². The summed E-state index contributed by atoms with van der Waals surface area (Å²) < 4.78 is 6.79. The molecule has 1 aromatic carbocycles. The molecule has 0 radical (unpaired) electrons. The molecule has 0 N–H and O–H groups in total. The lowest BCUT2D eigenvalue weighted by molar-refractivity contribution is 0.230. The third-order valence-electron chi connectivity index (χ3n) is 3.38. The monoisotopic (exact) mass is 297 g/mol. The van der Waals surface area contributed by atoms with Gasteiger partial charge in [0.25, 0.3) is 0 Å². The summed E-state index contributed by atoms with van der Waals surface area (Å²) in [5.41, 5.74) is 0. The van der Waals surface area contributed by atoms with E-state index in [2.05, 4.69) is 34.8 Å². The summed E-state index contributed by atoms with van der Waals surface area (Å²) in [6, 6.07) is 8.00. The smallest absolute Gasteiger partial charge is 0.119 e. The molecule has 1 fully saturated rings. The maximum Gasteiger partial charge on any atom is 0.119 e. The van der Waals surface area contributed by atoms with Crippen LogP contribution in [0, 0.1) is 11.8 Å². The van der Waals surface area contributed by atoms with E-state index in [0.29, 0.717) is 0 Å². The largest absolute Gasteiger partial charge is 0.492 e. The van der Waals surface area contributed by atoms with Crippen LogP contribution in [0.3, 0.4) is 0 Å². The minimum absolute atomic E-state index is 0.763. The highest BCUT2D eigenvalue weighted by Gasteiger charge is 2.32. The molecule has 94 valence electrons.